The third-order valence-corrected chi connectivity index (χ3v) is 2.68. The quantitative estimate of drug-likeness (QED) is 0.771. The fraction of sp³-hybridized carbons (Fsp3) is 0.571. The summed E-state index contributed by atoms with van der Waals surface area (Å²) >= 11 is 0. The standard InChI is InChI=1S/C14H20O2/c1-9(2)15-13-11-6-5-7-12(8-11)14(13)16-10(3)4/h5-10,13-14H,1-4H3. The van der Waals surface area contributed by atoms with Crippen LogP contribution in [0.5, 0.6) is 0 Å². The molecule has 2 rings (SSSR count). The van der Waals surface area contributed by atoms with Gasteiger partial charge >= 0.3 is 0 Å². The number of hydrogen-bond acceptors (Lipinski definition) is 2. The number of ether oxygens (including phenoxy) is 2. The molecule has 0 spiro atoms. The molecule has 1 aliphatic carbocycles. The second-order valence-electron chi connectivity index (χ2n) is 4.88. The van der Waals surface area contributed by atoms with E-state index in [-0.39, 0.29) is 24.4 Å². The molecule has 2 unspecified atom stereocenters. The Labute approximate surface area is 97.6 Å². The van der Waals surface area contributed by atoms with Crippen LogP contribution in [0, 0.1) is 0 Å². The van der Waals surface area contributed by atoms with Crippen molar-refractivity contribution in [2.75, 3.05) is 0 Å². The van der Waals surface area contributed by atoms with Crippen LogP contribution in [0.2, 0.25) is 0 Å². The maximum absolute atomic E-state index is 5.95. The minimum Gasteiger partial charge on any atom is -0.368 e. The second kappa shape index (κ2) is 4.56. The van der Waals surface area contributed by atoms with Gasteiger partial charge in [0.25, 0.3) is 0 Å². The summed E-state index contributed by atoms with van der Waals surface area (Å²) in [6.07, 6.45) is 0.565. The van der Waals surface area contributed by atoms with Crippen LogP contribution in [0.15, 0.2) is 24.3 Å². The molecule has 0 aliphatic heterocycles. The van der Waals surface area contributed by atoms with Gasteiger partial charge in [0.15, 0.2) is 0 Å². The maximum Gasteiger partial charge on any atom is 0.113 e. The zero-order valence-corrected chi connectivity index (χ0v) is 10.4. The molecule has 0 aromatic heterocycles. The largest absolute Gasteiger partial charge is 0.368 e. The fourth-order valence-electron chi connectivity index (χ4n) is 2.15. The Morgan fingerprint density at radius 2 is 1.31 bits per heavy atom. The molecule has 2 bridgehead atoms. The molecule has 2 atom stereocenters. The molecule has 16 heavy (non-hydrogen) atoms. The highest BCUT2D eigenvalue weighted by Gasteiger charge is 2.33. The average Bonchev–Trinajstić information content (AvgIpc) is 2.41. The molecule has 0 amide bonds. The van der Waals surface area contributed by atoms with E-state index in [0.717, 1.165) is 0 Å². The van der Waals surface area contributed by atoms with Crippen LogP contribution in [-0.2, 0) is 9.47 Å². The number of benzene rings is 1. The molecule has 0 radical (unpaired) electrons. The van der Waals surface area contributed by atoms with E-state index in [2.05, 4.69) is 52.0 Å². The molecule has 2 nitrogen and oxygen atoms in total. The van der Waals surface area contributed by atoms with E-state index >= 15 is 0 Å². The molecule has 1 aromatic carbocycles. The lowest BCUT2D eigenvalue weighted by molar-refractivity contribution is -0.110. The van der Waals surface area contributed by atoms with Crippen LogP contribution in [0.25, 0.3) is 0 Å². The molecular weight excluding hydrogens is 200 g/mol. The van der Waals surface area contributed by atoms with E-state index in [4.69, 9.17) is 9.47 Å². The van der Waals surface area contributed by atoms with Crippen molar-refractivity contribution in [1.82, 2.24) is 0 Å². The van der Waals surface area contributed by atoms with Gasteiger partial charge in [-0.3, -0.25) is 0 Å². The first-order valence-electron chi connectivity index (χ1n) is 5.98. The number of fused-ring (bicyclic) bond motifs is 2. The first-order valence-corrected chi connectivity index (χ1v) is 5.98. The Hall–Kier alpha value is -0.860. The lowest BCUT2D eigenvalue weighted by Crippen LogP contribution is -2.19. The summed E-state index contributed by atoms with van der Waals surface area (Å²) in [7, 11) is 0. The van der Waals surface area contributed by atoms with Gasteiger partial charge in [-0.05, 0) is 38.8 Å². The first-order chi connectivity index (χ1) is 7.58. The summed E-state index contributed by atoms with van der Waals surface area (Å²) in [6, 6.07) is 8.48. The highest BCUT2D eigenvalue weighted by molar-refractivity contribution is 5.35. The van der Waals surface area contributed by atoms with Gasteiger partial charge in [0.2, 0.25) is 0 Å². The number of rotatable bonds is 4. The van der Waals surface area contributed by atoms with Crippen molar-refractivity contribution in [3.05, 3.63) is 35.4 Å². The Kier molecular flexibility index (Phi) is 3.31. The van der Waals surface area contributed by atoms with Crippen molar-refractivity contribution in [1.29, 1.82) is 0 Å². The molecule has 0 heterocycles. The minimum atomic E-state index is 0.0624. The Balaban J connectivity index is 2.19. The van der Waals surface area contributed by atoms with Crippen molar-refractivity contribution in [2.24, 2.45) is 0 Å². The lowest BCUT2D eigenvalue weighted by atomic mass is 10.1. The predicted molar refractivity (Wildman–Crippen MR) is 64.4 cm³/mol. The molecule has 2 heteroatoms. The normalized spacial score (nSPS) is 23.4. The van der Waals surface area contributed by atoms with E-state index in [1.807, 2.05) is 0 Å². The summed E-state index contributed by atoms with van der Waals surface area (Å²) in [5, 5.41) is 0. The summed E-state index contributed by atoms with van der Waals surface area (Å²) in [4.78, 5) is 0. The van der Waals surface area contributed by atoms with Gasteiger partial charge in [-0.15, -0.1) is 0 Å². The highest BCUT2D eigenvalue weighted by atomic mass is 16.6. The number of hydrogen-bond donors (Lipinski definition) is 0. The monoisotopic (exact) mass is 220 g/mol. The summed E-state index contributed by atoms with van der Waals surface area (Å²) in [5.41, 5.74) is 2.47. The second-order valence-corrected chi connectivity index (χ2v) is 4.88. The third kappa shape index (κ3) is 2.28. The zero-order valence-electron chi connectivity index (χ0n) is 10.4. The summed E-state index contributed by atoms with van der Waals surface area (Å²) in [6.45, 7) is 8.25. The minimum absolute atomic E-state index is 0.0624. The topological polar surface area (TPSA) is 18.5 Å². The van der Waals surface area contributed by atoms with Crippen LogP contribution in [-0.4, -0.2) is 12.2 Å². The van der Waals surface area contributed by atoms with Gasteiger partial charge in [-0.1, -0.05) is 24.3 Å². The van der Waals surface area contributed by atoms with Crippen LogP contribution in [0.1, 0.15) is 51.0 Å². The molecular formula is C14H20O2. The maximum atomic E-state index is 5.95. The van der Waals surface area contributed by atoms with Crippen LogP contribution >= 0.6 is 0 Å². The van der Waals surface area contributed by atoms with Crippen LogP contribution < -0.4 is 0 Å². The van der Waals surface area contributed by atoms with Gasteiger partial charge in [0.05, 0.1) is 12.2 Å². The smallest absolute Gasteiger partial charge is 0.113 e. The van der Waals surface area contributed by atoms with Crippen molar-refractivity contribution in [3.63, 3.8) is 0 Å². The first kappa shape index (κ1) is 11.6. The molecule has 0 fully saturated rings. The van der Waals surface area contributed by atoms with Gasteiger partial charge in [-0.2, -0.15) is 0 Å². The highest BCUT2D eigenvalue weighted by Crippen LogP contribution is 2.43. The van der Waals surface area contributed by atoms with E-state index in [1.54, 1.807) is 0 Å². The van der Waals surface area contributed by atoms with E-state index < -0.39 is 0 Å². The fourth-order valence-corrected chi connectivity index (χ4v) is 2.15. The van der Waals surface area contributed by atoms with Crippen molar-refractivity contribution < 1.29 is 9.47 Å². The Morgan fingerprint density at radius 1 is 0.875 bits per heavy atom. The van der Waals surface area contributed by atoms with Gasteiger partial charge in [-0.25, -0.2) is 0 Å². The summed E-state index contributed by atoms with van der Waals surface area (Å²) in [5.74, 6) is 0. The SMILES string of the molecule is CC(C)OC1c2cccc(c2)C1OC(C)C. The summed E-state index contributed by atoms with van der Waals surface area (Å²) < 4.78 is 11.9. The van der Waals surface area contributed by atoms with Crippen molar-refractivity contribution in [3.8, 4) is 0 Å². The van der Waals surface area contributed by atoms with Gasteiger partial charge < -0.3 is 9.47 Å². The lowest BCUT2D eigenvalue weighted by Gasteiger charge is -2.25. The Bertz CT molecular complexity index is 326. The van der Waals surface area contributed by atoms with Gasteiger partial charge in [0, 0.05) is 0 Å². The van der Waals surface area contributed by atoms with E-state index in [1.165, 1.54) is 11.1 Å². The molecule has 0 saturated heterocycles. The average molecular weight is 220 g/mol. The van der Waals surface area contributed by atoms with Crippen molar-refractivity contribution in [2.45, 2.75) is 52.1 Å². The third-order valence-electron chi connectivity index (χ3n) is 2.68. The molecule has 1 aliphatic rings. The van der Waals surface area contributed by atoms with Crippen LogP contribution in [0.4, 0.5) is 0 Å². The Morgan fingerprint density at radius 3 is 1.69 bits per heavy atom. The predicted octanol–water partition coefficient (Wildman–Crippen LogP) is 3.63. The molecule has 88 valence electrons. The van der Waals surface area contributed by atoms with E-state index in [0.29, 0.717) is 0 Å². The molecule has 0 N–H and O–H groups in total. The van der Waals surface area contributed by atoms with Crippen molar-refractivity contribution >= 4 is 0 Å². The molecule has 1 aromatic rings. The molecule has 0 saturated carbocycles. The van der Waals surface area contributed by atoms with Crippen LogP contribution in [0.3, 0.4) is 0 Å². The zero-order chi connectivity index (χ0) is 11.7. The van der Waals surface area contributed by atoms with E-state index in [9.17, 15) is 0 Å². The van der Waals surface area contributed by atoms with Gasteiger partial charge in [0.1, 0.15) is 12.2 Å².